The fourth-order valence-corrected chi connectivity index (χ4v) is 3.33. The summed E-state index contributed by atoms with van der Waals surface area (Å²) in [5.74, 6) is -1.20. The number of phenolic OH excluding ortho intramolecular Hbond substituents is 1. The van der Waals surface area contributed by atoms with Gasteiger partial charge in [0.25, 0.3) is 0 Å². The molecule has 3 aromatic rings. The number of nitrogens with two attached hydrogens (primary N) is 1. The van der Waals surface area contributed by atoms with Crippen LogP contribution in [0, 0.1) is 0 Å². The Kier molecular flexibility index (Phi) is 8.62. The zero-order valence-electron chi connectivity index (χ0n) is 18.5. The maximum atomic E-state index is 13.1. The second-order valence-electron chi connectivity index (χ2n) is 7.78. The molecular formula is C26H27N3O5. The first-order chi connectivity index (χ1) is 16.4. The first kappa shape index (κ1) is 24.3. The average molecular weight is 462 g/mol. The van der Waals surface area contributed by atoms with Crippen molar-refractivity contribution in [3.8, 4) is 5.75 Å². The number of amides is 3. The number of aromatic hydroxyl groups is 1. The highest BCUT2D eigenvalue weighted by molar-refractivity contribution is 5.91. The van der Waals surface area contributed by atoms with Crippen LogP contribution in [0.5, 0.6) is 5.75 Å². The number of benzene rings is 3. The normalized spacial score (nSPS) is 12.2. The Hall–Kier alpha value is -4.33. The second-order valence-corrected chi connectivity index (χ2v) is 7.78. The van der Waals surface area contributed by atoms with Crippen LogP contribution in [-0.4, -0.2) is 35.1 Å². The lowest BCUT2D eigenvalue weighted by molar-refractivity contribution is -0.128. The van der Waals surface area contributed by atoms with Crippen LogP contribution in [0.15, 0.2) is 84.9 Å². The molecule has 0 unspecified atom stereocenters. The summed E-state index contributed by atoms with van der Waals surface area (Å²) in [6.07, 6.45) is -0.426. The van der Waals surface area contributed by atoms with Crippen LogP contribution in [0.25, 0.3) is 0 Å². The lowest BCUT2D eigenvalue weighted by atomic mass is 10.0. The van der Waals surface area contributed by atoms with Gasteiger partial charge in [0, 0.05) is 12.8 Å². The van der Waals surface area contributed by atoms with Gasteiger partial charge in [-0.15, -0.1) is 0 Å². The van der Waals surface area contributed by atoms with Gasteiger partial charge in [0.1, 0.15) is 24.4 Å². The number of alkyl carbamates (subject to hydrolysis) is 1. The van der Waals surface area contributed by atoms with E-state index < -0.39 is 30.0 Å². The van der Waals surface area contributed by atoms with E-state index >= 15 is 0 Å². The van der Waals surface area contributed by atoms with Gasteiger partial charge in [-0.25, -0.2) is 4.79 Å². The number of nitrogens with one attached hydrogen (secondary N) is 2. The number of primary amides is 1. The Balaban J connectivity index is 1.68. The van der Waals surface area contributed by atoms with Crippen molar-refractivity contribution in [3.05, 3.63) is 102 Å². The Labute approximate surface area is 197 Å². The third-order valence-electron chi connectivity index (χ3n) is 5.14. The summed E-state index contributed by atoms with van der Waals surface area (Å²) in [6.45, 7) is 0.0527. The minimum atomic E-state index is -1.00. The van der Waals surface area contributed by atoms with Crippen LogP contribution in [0.2, 0.25) is 0 Å². The SMILES string of the molecule is NC(=O)[C@@H](Cc1ccc(O)cc1)NC(=O)[C@H](Cc1ccccc1)NC(=O)OCc1ccccc1. The van der Waals surface area contributed by atoms with Crippen LogP contribution in [0.4, 0.5) is 4.79 Å². The molecule has 3 aromatic carbocycles. The minimum Gasteiger partial charge on any atom is -0.508 e. The topological polar surface area (TPSA) is 131 Å². The average Bonchev–Trinajstić information content (AvgIpc) is 2.84. The zero-order valence-corrected chi connectivity index (χ0v) is 18.5. The van der Waals surface area contributed by atoms with Crippen molar-refractivity contribution < 1.29 is 24.2 Å². The van der Waals surface area contributed by atoms with Gasteiger partial charge in [0.15, 0.2) is 0 Å². The van der Waals surface area contributed by atoms with Crippen LogP contribution < -0.4 is 16.4 Å². The maximum absolute atomic E-state index is 13.1. The molecule has 176 valence electrons. The Bertz CT molecular complexity index is 1090. The summed E-state index contributed by atoms with van der Waals surface area (Å²) in [6, 6.07) is 22.6. The Morgan fingerprint density at radius 2 is 1.26 bits per heavy atom. The van der Waals surface area contributed by atoms with Crippen molar-refractivity contribution in [2.24, 2.45) is 5.73 Å². The third-order valence-corrected chi connectivity index (χ3v) is 5.14. The van der Waals surface area contributed by atoms with Gasteiger partial charge in [-0.1, -0.05) is 72.8 Å². The van der Waals surface area contributed by atoms with E-state index in [2.05, 4.69) is 10.6 Å². The maximum Gasteiger partial charge on any atom is 0.408 e. The lowest BCUT2D eigenvalue weighted by Gasteiger charge is -2.22. The number of rotatable bonds is 10. The number of carbonyl (C=O) groups excluding carboxylic acids is 3. The molecule has 0 bridgehead atoms. The molecule has 0 heterocycles. The second kappa shape index (κ2) is 12.1. The largest absolute Gasteiger partial charge is 0.508 e. The quantitative estimate of drug-likeness (QED) is 0.368. The van der Waals surface area contributed by atoms with E-state index in [1.54, 1.807) is 12.1 Å². The van der Waals surface area contributed by atoms with Gasteiger partial charge in [-0.3, -0.25) is 9.59 Å². The highest BCUT2D eigenvalue weighted by atomic mass is 16.5. The molecule has 34 heavy (non-hydrogen) atoms. The molecule has 8 heteroatoms. The molecular weight excluding hydrogens is 434 g/mol. The summed E-state index contributed by atoms with van der Waals surface area (Å²) < 4.78 is 5.26. The van der Waals surface area contributed by atoms with E-state index in [1.807, 2.05) is 60.7 Å². The molecule has 0 spiro atoms. The van der Waals surface area contributed by atoms with Crippen molar-refractivity contribution in [2.75, 3.05) is 0 Å². The van der Waals surface area contributed by atoms with E-state index in [0.29, 0.717) is 5.56 Å². The van der Waals surface area contributed by atoms with Gasteiger partial charge >= 0.3 is 6.09 Å². The number of hydrogen-bond donors (Lipinski definition) is 4. The van der Waals surface area contributed by atoms with Crippen molar-refractivity contribution in [1.82, 2.24) is 10.6 Å². The highest BCUT2D eigenvalue weighted by Crippen LogP contribution is 2.12. The molecule has 0 fully saturated rings. The predicted molar refractivity (Wildman–Crippen MR) is 127 cm³/mol. The van der Waals surface area contributed by atoms with E-state index in [0.717, 1.165) is 11.1 Å². The summed E-state index contributed by atoms with van der Waals surface area (Å²) in [7, 11) is 0. The molecule has 0 aliphatic carbocycles. The molecule has 3 amide bonds. The molecule has 0 aliphatic heterocycles. The summed E-state index contributed by atoms with van der Waals surface area (Å²) >= 11 is 0. The Morgan fingerprint density at radius 1 is 0.735 bits per heavy atom. The minimum absolute atomic E-state index is 0.0527. The molecule has 0 radical (unpaired) electrons. The summed E-state index contributed by atoms with van der Waals surface area (Å²) in [5.41, 5.74) is 7.85. The van der Waals surface area contributed by atoms with E-state index in [-0.39, 0.29) is 25.2 Å². The standard InChI is InChI=1S/C26H27N3O5/c27-24(31)22(15-19-11-13-21(30)14-12-19)28-25(32)23(16-18-7-3-1-4-8-18)29-26(33)34-17-20-9-5-2-6-10-20/h1-14,22-23,30H,15-17H2,(H2,27,31)(H,28,32)(H,29,33)/t22-,23+/m1/s1. The van der Waals surface area contributed by atoms with Crippen molar-refractivity contribution in [1.29, 1.82) is 0 Å². The molecule has 0 saturated heterocycles. The van der Waals surface area contributed by atoms with Gasteiger partial charge in [-0.05, 0) is 28.8 Å². The molecule has 3 rings (SSSR count). The first-order valence-corrected chi connectivity index (χ1v) is 10.8. The summed E-state index contributed by atoms with van der Waals surface area (Å²) in [4.78, 5) is 37.5. The van der Waals surface area contributed by atoms with Crippen LogP contribution in [0.1, 0.15) is 16.7 Å². The number of hydrogen-bond acceptors (Lipinski definition) is 5. The van der Waals surface area contributed by atoms with Gasteiger partial charge < -0.3 is 26.2 Å². The molecule has 0 aromatic heterocycles. The Morgan fingerprint density at radius 3 is 1.85 bits per heavy atom. The third kappa shape index (κ3) is 7.67. The molecule has 0 saturated carbocycles. The molecule has 0 aliphatic rings. The molecule has 8 nitrogen and oxygen atoms in total. The van der Waals surface area contributed by atoms with E-state index in [1.165, 1.54) is 12.1 Å². The van der Waals surface area contributed by atoms with Crippen molar-refractivity contribution in [2.45, 2.75) is 31.5 Å². The smallest absolute Gasteiger partial charge is 0.408 e. The van der Waals surface area contributed by atoms with E-state index in [9.17, 15) is 19.5 Å². The van der Waals surface area contributed by atoms with Crippen molar-refractivity contribution >= 4 is 17.9 Å². The number of ether oxygens (including phenoxy) is 1. The van der Waals surface area contributed by atoms with Crippen LogP contribution in [0.3, 0.4) is 0 Å². The van der Waals surface area contributed by atoms with Crippen molar-refractivity contribution in [3.63, 3.8) is 0 Å². The fourth-order valence-electron chi connectivity index (χ4n) is 3.33. The predicted octanol–water partition coefficient (Wildman–Crippen LogP) is 2.44. The molecule has 5 N–H and O–H groups in total. The van der Waals surface area contributed by atoms with Gasteiger partial charge in [0.2, 0.25) is 11.8 Å². The van der Waals surface area contributed by atoms with Gasteiger partial charge in [-0.2, -0.15) is 0 Å². The monoisotopic (exact) mass is 461 g/mol. The lowest BCUT2D eigenvalue weighted by Crippen LogP contribution is -2.54. The van der Waals surface area contributed by atoms with Crippen LogP contribution >= 0.6 is 0 Å². The van der Waals surface area contributed by atoms with Gasteiger partial charge in [0.05, 0.1) is 0 Å². The zero-order chi connectivity index (χ0) is 24.3. The number of phenols is 1. The first-order valence-electron chi connectivity index (χ1n) is 10.8. The van der Waals surface area contributed by atoms with Crippen LogP contribution in [-0.2, 0) is 33.8 Å². The summed E-state index contributed by atoms with van der Waals surface area (Å²) in [5, 5.41) is 14.7. The molecule has 2 atom stereocenters. The fraction of sp³-hybridized carbons (Fsp3) is 0.192. The number of carbonyl (C=O) groups is 3. The van der Waals surface area contributed by atoms with E-state index in [4.69, 9.17) is 10.5 Å². The highest BCUT2D eigenvalue weighted by Gasteiger charge is 2.26.